The number of carbonyl (C=O) groups excluding carboxylic acids is 2. The SMILES string of the molecule is C=C(C)C(=O)Oc1ccc(-c2ccc(OC(=O)C(=C)COC)c(F)c2)cc1C1CCC(CCCCC)CC1. The molecule has 2 aromatic rings. The molecule has 1 fully saturated rings. The lowest BCUT2D eigenvalue weighted by atomic mass is 9.76. The number of carbonyl (C=O) groups is 2. The van der Waals surface area contributed by atoms with Crippen LogP contribution >= 0.6 is 0 Å². The maximum absolute atomic E-state index is 14.9. The molecule has 0 saturated heterocycles. The van der Waals surface area contributed by atoms with Crippen LogP contribution in [0.3, 0.4) is 0 Å². The number of methoxy groups -OCH3 is 1. The maximum Gasteiger partial charge on any atom is 0.341 e. The highest BCUT2D eigenvalue weighted by molar-refractivity contribution is 5.90. The number of hydrogen-bond acceptors (Lipinski definition) is 5. The highest BCUT2D eigenvalue weighted by Crippen LogP contribution is 2.43. The molecule has 0 bridgehead atoms. The Kier molecular flexibility index (Phi) is 10.8. The predicted molar refractivity (Wildman–Crippen MR) is 148 cm³/mol. The molecule has 2 aromatic carbocycles. The van der Waals surface area contributed by atoms with Crippen molar-refractivity contribution < 1.29 is 28.2 Å². The van der Waals surface area contributed by atoms with Crippen LogP contribution in [0.25, 0.3) is 11.1 Å². The average molecular weight is 523 g/mol. The average Bonchev–Trinajstić information content (AvgIpc) is 2.90. The molecule has 38 heavy (non-hydrogen) atoms. The van der Waals surface area contributed by atoms with Crippen molar-refractivity contribution in [2.45, 2.75) is 71.1 Å². The molecule has 1 aliphatic rings. The second-order valence-electron chi connectivity index (χ2n) is 10.2. The minimum absolute atomic E-state index is 0.00423. The zero-order valence-electron chi connectivity index (χ0n) is 22.8. The van der Waals surface area contributed by atoms with Crippen molar-refractivity contribution >= 4 is 11.9 Å². The molecule has 0 radical (unpaired) electrons. The minimum atomic E-state index is -0.741. The van der Waals surface area contributed by atoms with Gasteiger partial charge in [-0.1, -0.05) is 57.9 Å². The van der Waals surface area contributed by atoms with Crippen molar-refractivity contribution in [3.05, 3.63) is 72.1 Å². The van der Waals surface area contributed by atoms with Gasteiger partial charge in [-0.05, 0) is 85.4 Å². The number of ether oxygens (including phenoxy) is 3. The van der Waals surface area contributed by atoms with Gasteiger partial charge in [-0.2, -0.15) is 0 Å². The van der Waals surface area contributed by atoms with Gasteiger partial charge in [-0.25, -0.2) is 14.0 Å². The Morgan fingerprint density at radius 1 is 0.921 bits per heavy atom. The van der Waals surface area contributed by atoms with Gasteiger partial charge in [0.15, 0.2) is 11.6 Å². The Morgan fingerprint density at radius 2 is 1.55 bits per heavy atom. The predicted octanol–water partition coefficient (Wildman–Crippen LogP) is 7.94. The summed E-state index contributed by atoms with van der Waals surface area (Å²) in [6.07, 6.45) is 9.39. The molecule has 0 atom stereocenters. The van der Waals surface area contributed by atoms with Crippen LogP contribution in [0.15, 0.2) is 60.7 Å². The summed E-state index contributed by atoms with van der Waals surface area (Å²) in [6.45, 7) is 11.1. The minimum Gasteiger partial charge on any atom is -0.423 e. The van der Waals surface area contributed by atoms with Crippen LogP contribution in [0, 0.1) is 11.7 Å². The first-order valence-corrected chi connectivity index (χ1v) is 13.4. The van der Waals surface area contributed by atoms with Gasteiger partial charge in [0, 0.05) is 12.7 Å². The lowest BCUT2D eigenvalue weighted by Gasteiger charge is -2.30. The highest BCUT2D eigenvalue weighted by atomic mass is 19.1. The van der Waals surface area contributed by atoms with Crippen LogP contribution < -0.4 is 9.47 Å². The number of hydrogen-bond donors (Lipinski definition) is 0. The molecular weight excluding hydrogens is 483 g/mol. The molecule has 1 aliphatic carbocycles. The first-order chi connectivity index (χ1) is 18.2. The first kappa shape index (κ1) is 29.3. The molecule has 5 nitrogen and oxygen atoms in total. The van der Waals surface area contributed by atoms with Crippen molar-refractivity contribution in [3.63, 3.8) is 0 Å². The number of rotatable bonds is 12. The van der Waals surface area contributed by atoms with Gasteiger partial charge in [0.1, 0.15) is 5.75 Å². The van der Waals surface area contributed by atoms with Gasteiger partial charge in [0.05, 0.1) is 12.2 Å². The van der Waals surface area contributed by atoms with E-state index in [1.165, 1.54) is 44.9 Å². The normalized spacial score (nSPS) is 17.1. The number of benzene rings is 2. The number of esters is 2. The molecule has 0 N–H and O–H groups in total. The Bertz CT molecular complexity index is 1160. The van der Waals surface area contributed by atoms with Gasteiger partial charge >= 0.3 is 11.9 Å². The maximum atomic E-state index is 14.9. The molecule has 0 aromatic heterocycles. The largest absolute Gasteiger partial charge is 0.423 e. The van der Waals surface area contributed by atoms with Gasteiger partial charge in [0.25, 0.3) is 0 Å². The molecule has 6 heteroatoms. The summed E-state index contributed by atoms with van der Waals surface area (Å²) in [5, 5.41) is 0. The Balaban J connectivity index is 1.83. The molecule has 0 amide bonds. The number of unbranched alkanes of at least 4 members (excludes halogenated alkanes) is 2. The third kappa shape index (κ3) is 7.87. The van der Waals surface area contributed by atoms with Crippen LogP contribution in [0.2, 0.25) is 0 Å². The fraction of sp³-hybridized carbons (Fsp3) is 0.438. The first-order valence-electron chi connectivity index (χ1n) is 13.4. The van der Waals surface area contributed by atoms with Gasteiger partial charge in [-0.3, -0.25) is 0 Å². The van der Waals surface area contributed by atoms with Crippen molar-refractivity contribution in [1.29, 1.82) is 0 Å². The zero-order valence-corrected chi connectivity index (χ0v) is 22.8. The molecule has 204 valence electrons. The highest BCUT2D eigenvalue weighted by Gasteiger charge is 2.26. The Labute approximate surface area is 225 Å². The van der Waals surface area contributed by atoms with Crippen molar-refractivity contribution in [2.75, 3.05) is 13.7 Å². The third-order valence-electron chi connectivity index (χ3n) is 7.14. The monoisotopic (exact) mass is 522 g/mol. The van der Waals surface area contributed by atoms with Crippen molar-refractivity contribution in [2.24, 2.45) is 5.92 Å². The molecule has 1 saturated carbocycles. The number of halogens is 1. The van der Waals surface area contributed by atoms with Crippen LogP contribution in [0.4, 0.5) is 4.39 Å². The molecule has 3 rings (SSSR count). The summed E-state index contributed by atoms with van der Waals surface area (Å²) >= 11 is 0. The standard InChI is InChI=1S/C32H39FO5/c1-6-7-8-9-23-10-12-24(13-11-23)27-18-25(14-16-29(27)37-31(34)21(2)3)26-15-17-30(28(33)19-26)38-32(35)22(4)20-36-5/h14-19,23-24H,2,4,6-13,20H2,1,3,5H3. The van der Waals surface area contributed by atoms with E-state index in [1.807, 2.05) is 12.1 Å². The van der Waals surface area contributed by atoms with E-state index < -0.39 is 17.8 Å². The van der Waals surface area contributed by atoms with Crippen LogP contribution in [0.5, 0.6) is 11.5 Å². The summed E-state index contributed by atoms with van der Waals surface area (Å²) < 4.78 is 30.6. The van der Waals surface area contributed by atoms with Crippen molar-refractivity contribution in [1.82, 2.24) is 0 Å². The summed E-state index contributed by atoms with van der Waals surface area (Å²) in [6, 6.07) is 10.0. The molecule has 0 unspecified atom stereocenters. The molecular formula is C32H39FO5. The summed E-state index contributed by atoms with van der Waals surface area (Å²) in [4.78, 5) is 24.4. The van der Waals surface area contributed by atoms with E-state index in [2.05, 4.69) is 20.1 Å². The second kappa shape index (κ2) is 14.1. The molecule has 0 heterocycles. The summed E-state index contributed by atoms with van der Waals surface area (Å²) in [7, 11) is 1.44. The second-order valence-corrected chi connectivity index (χ2v) is 10.2. The van der Waals surface area contributed by atoms with Gasteiger partial charge in [0.2, 0.25) is 0 Å². The Hall–Kier alpha value is -3.25. The van der Waals surface area contributed by atoms with E-state index in [0.29, 0.717) is 16.9 Å². The quantitative estimate of drug-likeness (QED) is 0.123. The van der Waals surface area contributed by atoms with E-state index in [9.17, 15) is 14.0 Å². The van der Waals surface area contributed by atoms with E-state index in [-0.39, 0.29) is 23.8 Å². The zero-order chi connectivity index (χ0) is 27.7. The summed E-state index contributed by atoms with van der Waals surface area (Å²) in [5.41, 5.74) is 2.81. The lowest BCUT2D eigenvalue weighted by molar-refractivity contribution is -0.131. The third-order valence-corrected chi connectivity index (χ3v) is 7.14. The van der Waals surface area contributed by atoms with E-state index in [0.717, 1.165) is 42.7 Å². The van der Waals surface area contributed by atoms with Gasteiger partial charge in [-0.15, -0.1) is 0 Å². The fourth-order valence-corrected chi connectivity index (χ4v) is 4.94. The van der Waals surface area contributed by atoms with E-state index in [1.54, 1.807) is 19.1 Å². The van der Waals surface area contributed by atoms with Crippen LogP contribution in [0.1, 0.15) is 76.7 Å². The molecule has 0 aliphatic heterocycles. The summed E-state index contributed by atoms with van der Waals surface area (Å²) in [5.74, 6) is -0.514. The fourth-order valence-electron chi connectivity index (χ4n) is 4.94. The molecule has 0 spiro atoms. The van der Waals surface area contributed by atoms with Crippen LogP contribution in [-0.4, -0.2) is 25.7 Å². The van der Waals surface area contributed by atoms with Crippen molar-refractivity contribution in [3.8, 4) is 22.6 Å². The van der Waals surface area contributed by atoms with Gasteiger partial charge < -0.3 is 14.2 Å². The Morgan fingerprint density at radius 3 is 2.16 bits per heavy atom. The topological polar surface area (TPSA) is 61.8 Å². The van der Waals surface area contributed by atoms with E-state index >= 15 is 0 Å². The smallest absolute Gasteiger partial charge is 0.341 e. The van der Waals surface area contributed by atoms with Crippen LogP contribution in [-0.2, 0) is 14.3 Å². The lowest BCUT2D eigenvalue weighted by Crippen LogP contribution is -2.16. The van der Waals surface area contributed by atoms with E-state index in [4.69, 9.17) is 14.2 Å².